The maximum Gasteiger partial charge on any atom is 0.269 e. The molecule has 2 heterocycles. The average Bonchev–Trinajstić information content (AvgIpc) is 3.18. The Kier molecular flexibility index (Phi) is 5.80. The molecule has 0 bridgehead atoms. The number of nitro groups is 1. The summed E-state index contributed by atoms with van der Waals surface area (Å²) in [6, 6.07) is 7.46. The maximum atomic E-state index is 10.8. The topological polar surface area (TPSA) is 62.5 Å². The molecule has 2 aliphatic rings. The van der Waals surface area contributed by atoms with Crippen molar-refractivity contribution in [1.29, 1.82) is 0 Å². The number of nitro benzene ring substituents is 1. The molecule has 0 unspecified atom stereocenters. The molecule has 1 aromatic heterocycles. The molecule has 1 saturated heterocycles. The number of non-ortho nitro benzene ring substituents is 1. The molecular formula is C20H26N4O2S. The zero-order valence-corrected chi connectivity index (χ0v) is 16.4. The fourth-order valence-corrected chi connectivity index (χ4v) is 5.02. The van der Waals surface area contributed by atoms with E-state index in [-0.39, 0.29) is 10.6 Å². The molecule has 6 nitrogen and oxygen atoms in total. The Morgan fingerprint density at radius 1 is 1.07 bits per heavy atom. The van der Waals surface area contributed by atoms with Crippen molar-refractivity contribution in [3.63, 3.8) is 0 Å². The van der Waals surface area contributed by atoms with Crippen LogP contribution in [0.5, 0.6) is 0 Å². The predicted molar refractivity (Wildman–Crippen MR) is 108 cm³/mol. The zero-order valence-electron chi connectivity index (χ0n) is 15.5. The van der Waals surface area contributed by atoms with E-state index < -0.39 is 0 Å². The fourth-order valence-electron chi connectivity index (χ4n) is 4.20. The molecule has 144 valence electrons. The summed E-state index contributed by atoms with van der Waals surface area (Å²) in [5.74, 6) is 0. The van der Waals surface area contributed by atoms with E-state index in [0.717, 1.165) is 41.9 Å². The van der Waals surface area contributed by atoms with E-state index in [1.165, 1.54) is 45.2 Å². The molecule has 7 heteroatoms. The van der Waals surface area contributed by atoms with Gasteiger partial charge in [-0.05, 0) is 25.0 Å². The quantitative estimate of drug-likeness (QED) is 0.570. The smallest absolute Gasteiger partial charge is 0.269 e. The first-order valence-electron chi connectivity index (χ1n) is 9.85. The molecular weight excluding hydrogens is 360 g/mol. The van der Waals surface area contributed by atoms with Gasteiger partial charge in [0.25, 0.3) is 5.69 Å². The van der Waals surface area contributed by atoms with Crippen molar-refractivity contribution in [2.45, 2.75) is 44.7 Å². The summed E-state index contributed by atoms with van der Waals surface area (Å²) < 4.78 is 0. The van der Waals surface area contributed by atoms with E-state index in [0.29, 0.717) is 0 Å². The molecule has 27 heavy (non-hydrogen) atoms. The van der Waals surface area contributed by atoms with Crippen molar-refractivity contribution in [3.05, 3.63) is 45.5 Å². The first-order chi connectivity index (χ1) is 13.2. The highest BCUT2D eigenvalue weighted by Gasteiger charge is 2.25. The summed E-state index contributed by atoms with van der Waals surface area (Å²) >= 11 is 1.61. The van der Waals surface area contributed by atoms with Crippen LogP contribution < -0.4 is 0 Å². The number of piperazine rings is 1. The number of rotatable bonds is 5. The van der Waals surface area contributed by atoms with Crippen LogP contribution in [0.1, 0.15) is 37.8 Å². The Labute approximate surface area is 164 Å². The van der Waals surface area contributed by atoms with Gasteiger partial charge in [0, 0.05) is 61.8 Å². The van der Waals surface area contributed by atoms with Crippen LogP contribution >= 0.6 is 11.3 Å². The molecule has 1 aliphatic heterocycles. The lowest BCUT2D eigenvalue weighted by Crippen LogP contribution is -2.50. The van der Waals surface area contributed by atoms with Crippen molar-refractivity contribution in [1.82, 2.24) is 14.8 Å². The highest BCUT2D eigenvalue weighted by Crippen LogP contribution is 2.27. The average molecular weight is 387 g/mol. The van der Waals surface area contributed by atoms with Crippen LogP contribution in [0, 0.1) is 10.1 Å². The van der Waals surface area contributed by atoms with Gasteiger partial charge in [0.15, 0.2) is 0 Å². The van der Waals surface area contributed by atoms with Crippen molar-refractivity contribution >= 4 is 17.0 Å². The highest BCUT2D eigenvalue weighted by molar-refractivity contribution is 7.13. The van der Waals surface area contributed by atoms with Gasteiger partial charge in [0.1, 0.15) is 5.01 Å². The van der Waals surface area contributed by atoms with E-state index in [4.69, 9.17) is 4.98 Å². The monoisotopic (exact) mass is 386 g/mol. The van der Waals surface area contributed by atoms with Crippen molar-refractivity contribution < 1.29 is 4.92 Å². The van der Waals surface area contributed by atoms with Crippen LogP contribution in [0.3, 0.4) is 0 Å². The third kappa shape index (κ3) is 4.54. The Hall–Kier alpha value is -1.83. The minimum absolute atomic E-state index is 0.117. The van der Waals surface area contributed by atoms with Crippen molar-refractivity contribution in [3.8, 4) is 10.6 Å². The molecule has 2 aromatic rings. The van der Waals surface area contributed by atoms with Gasteiger partial charge in [-0.15, -0.1) is 11.3 Å². The second-order valence-electron chi connectivity index (χ2n) is 7.55. The fraction of sp³-hybridized carbons (Fsp3) is 0.550. The number of hydrogen-bond donors (Lipinski definition) is 0. The van der Waals surface area contributed by atoms with Crippen LogP contribution in [0.15, 0.2) is 29.6 Å². The molecule has 1 aromatic carbocycles. The van der Waals surface area contributed by atoms with Gasteiger partial charge < -0.3 is 0 Å². The molecule has 2 fully saturated rings. The lowest BCUT2D eigenvalue weighted by molar-refractivity contribution is -0.384. The molecule has 0 spiro atoms. The largest absolute Gasteiger partial charge is 0.298 e. The van der Waals surface area contributed by atoms with Crippen molar-refractivity contribution in [2.24, 2.45) is 0 Å². The molecule has 4 rings (SSSR count). The molecule has 0 radical (unpaired) electrons. The highest BCUT2D eigenvalue weighted by atomic mass is 32.1. The van der Waals surface area contributed by atoms with Crippen molar-refractivity contribution in [2.75, 3.05) is 26.2 Å². The third-order valence-electron chi connectivity index (χ3n) is 5.76. The number of hydrogen-bond acceptors (Lipinski definition) is 6. The Balaban J connectivity index is 1.31. The lowest BCUT2D eigenvalue weighted by atomic mass is 9.94. The van der Waals surface area contributed by atoms with Gasteiger partial charge in [0.05, 0.1) is 10.6 Å². The van der Waals surface area contributed by atoms with Crippen LogP contribution in [0.4, 0.5) is 5.69 Å². The van der Waals surface area contributed by atoms with Gasteiger partial charge in [-0.2, -0.15) is 0 Å². The van der Waals surface area contributed by atoms with E-state index >= 15 is 0 Å². The number of nitrogens with zero attached hydrogens (tertiary/aromatic N) is 4. The summed E-state index contributed by atoms with van der Waals surface area (Å²) in [6.45, 7) is 5.46. The standard InChI is InChI=1S/C20H26N4O2S/c25-24(26)19-8-6-16(7-9-19)20-21-17(15-27-20)14-22-10-12-23(13-11-22)18-4-2-1-3-5-18/h6-9,15,18H,1-5,10-14H2. The summed E-state index contributed by atoms with van der Waals surface area (Å²) in [5.41, 5.74) is 2.16. The third-order valence-corrected chi connectivity index (χ3v) is 6.70. The SMILES string of the molecule is O=[N+]([O-])c1ccc(-c2nc(CN3CCN(C4CCCCC4)CC3)cs2)cc1. The summed E-state index contributed by atoms with van der Waals surface area (Å²) in [5, 5.41) is 13.8. The molecule has 0 amide bonds. The summed E-state index contributed by atoms with van der Waals surface area (Å²) in [7, 11) is 0. The van der Waals surface area contributed by atoms with Crippen LogP contribution in [0.2, 0.25) is 0 Å². The first kappa shape index (κ1) is 18.5. The van der Waals surface area contributed by atoms with Crippen LogP contribution in [-0.2, 0) is 6.54 Å². The lowest BCUT2D eigenvalue weighted by Gasteiger charge is -2.40. The predicted octanol–water partition coefficient (Wildman–Crippen LogP) is 4.17. The zero-order chi connectivity index (χ0) is 18.6. The van der Waals surface area contributed by atoms with Gasteiger partial charge in [0.2, 0.25) is 0 Å². The molecule has 0 atom stereocenters. The number of thiazole rings is 1. The minimum atomic E-state index is -0.371. The van der Waals surface area contributed by atoms with E-state index in [9.17, 15) is 10.1 Å². The molecule has 0 N–H and O–H groups in total. The number of aromatic nitrogens is 1. The minimum Gasteiger partial charge on any atom is -0.298 e. The maximum absolute atomic E-state index is 10.8. The van der Waals surface area contributed by atoms with E-state index in [1.54, 1.807) is 35.6 Å². The van der Waals surface area contributed by atoms with Gasteiger partial charge in [-0.1, -0.05) is 19.3 Å². The second-order valence-corrected chi connectivity index (χ2v) is 8.41. The summed E-state index contributed by atoms with van der Waals surface area (Å²) in [4.78, 5) is 20.3. The normalized spacial score (nSPS) is 20.0. The second kappa shape index (κ2) is 8.46. The Morgan fingerprint density at radius 2 is 1.78 bits per heavy atom. The van der Waals surface area contributed by atoms with Crippen LogP contribution in [-0.4, -0.2) is 51.9 Å². The molecule has 1 saturated carbocycles. The van der Waals surface area contributed by atoms with Gasteiger partial charge in [-0.25, -0.2) is 4.98 Å². The van der Waals surface area contributed by atoms with Gasteiger partial charge >= 0.3 is 0 Å². The van der Waals surface area contributed by atoms with Crippen LogP contribution in [0.25, 0.3) is 10.6 Å². The summed E-state index contributed by atoms with van der Waals surface area (Å²) in [6.07, 6.45) is 6.97. The number of benzene rings is 1. The Morgan fingerprint density at radius 3 is 2.44 bits per heavy atom. The van der Waals surface area contributed by atoms with E-state index in [1.807, 2.05) is 0 Å². The first-order valence-corrected chi connectivity index (χ1v) is 10.7. The van der Waals surface area contributed by atoms with E-state index in [2.05, 4.69) is 15.2 Å². The Bertz CT molecular complexity index is 763. The molecule has 1 aliphatic carbocycles. The van der Waals surface area contributed by atoms with Gasteiger partial charge in [-0.3, -0.25) is 19.9 Å².